The Bertz CT molecular complexity index is 1120. The Kier molecular flexibility index (Phi) is 5.63. The molecule has 1 amide bonds. The molecule has 0 aliphatic heterocycles. The average molecular weight is 404 g/mol. The highest BCUT2D eigenvalue weighted by molar-refractivity contribution is 6.09. The molecule has 0 unspecified atom stereocenters. The standard InChI is InChI=1S/C21H19F3N2O3/c1-2-3-11-26-16-10-5-4-9-15(16)18(27)17(20(26)29)19(28)25-14-8-6-7-13(12-14)21(22,23)24/h4-10,12,27H,2-3,11H2,1H3,(H,25,28). The summed E-state index contributed by atoms with van der Waals surface area (Å²) >= 11 is 0. The van der Waals surface area contributed by atoms with Gasteiger partial charge in [-0.1, -0.05) is 31.5 Å². The van der Waals surface area contributed by atoms with Gasteiger partial charge in [0, 0.05) is 17.6 Å². The van der Waals surface area contributed by atoms with Crippen molar-refractivity contribution < 1.29 is 23.1 Å². The Morgan fingerprint density at radius 2 is 1.86 bits per heavy atom. The van der Waals surface area contributed by atoms with Crippen molar-refractivity contribution in [2.75, 3.05) is 5.32 Å². The van der Waals surface area contributed by atoms with E-state index >= 15 is 0 Å². The number of aromatic hydroxyl groups is 1. The molecule has 152 valence electrons. The fourth-order valence-electron chi connectivity index (χ4n) is 3.10. The number of aromatic nitrogens is 1. The molecule has 2 N–H and O–H groups in total. The first-order valence-electron chi connectivity index (χ1n) is 9.07. The zero-order valence-corrected chi connectivity index (χ0v) is 15.6. The van der Waals surface area contributed by atoms with E-state index in [0.717, 1.165) is 24.6 Å². The fourth-order valence-corrected chi connectivity index (χ4v) is 3.10. The summed E-state index contributed by atoms with van der Waals surface area (Å²) in [6, 6.07) is 10.7. The number of pyridine rings is 1. The van der Waals surface area contributed by atoms with Crippen LogP contribution in [0.1, 0.15) is 35.7 Å². The van der Waals surface area contributed by atoms with Crippen molar-refractivity contribution in [1.29, 1.82) is 0 Å². The van der Waals surface area contributed by atoms with E-state index in [4.69, 9.17) is 0 Å². The minimum Gasteiger partial charge on any atom is -0.506 e. The summed E-state index contributed by atoms with van der Waals surface area (Å²) in [6.07, 6.45) is -3.07. The number of nitrogens with zero attached hydrogens (tertiary/aromatic N) is 1. The van der Waals surface area contributed by atoms with Crippen LogP contribution in [-0.2, 0) is 12.7 Å². The molecule has 0 saturated carbocycles. The number of amides is 1. The molecule has 0 fully saturated rings. The summed E-state index contributed by atoms with van der Waals surface area (Å²) in [6.45, 7) is 2.30. The number of halogens is 3. The highest BCUT2D eigenvalue weighted by Crippen LogP contribution is 2.31. The van der Waals surface area contributed by atoms with Crippen molar-refractivity contribution in [3.63, 3.8) is 0 Å². The first kappa shape index (κ1) is 20.4. The Labute approximate surface area is 164 Å². The lowest BCUT2D eigenvalue weighted by molar-refractivity contribution is -0.137. The normalized spacial score (nSPS) is 11.6. The number of carbonyl (C=O) groups is 1. The number of alkyl halides is 3. The molecular weight excluding hydrogens is 385 g/mol. The molecule has 0 spiro atoms. The third-order valence-corrected chi connectivity index (χ3v) is 4.56. The smallest absolute Gasteiger partial charge is 0.416 e. The van der Waals surface area contributed by atoms with Crippen LogP contribution in [0, 0.1) is 0 Å². The summed E-state index contributed by atoms with van der Waals surface area (Å²) in [4.78, 5) is 25.7. The maximum atomic E-state index is 12.9. The number of nitrogens with one attached hydrogen (secondary N) is 1. The summed E-state index contributed by atoms with van der Waals surface area (Å²) in [5, 5.41) is 13.2. The second-order valence-electron chi connectivity index (χ2n) is 6.58. The summed E-state index contributed by atoms with van der Waals surface area (Å²) in [5.41, 5.74) is -1.77. The lowest BCUT2D eigenvalue weighted by Crippen LogP contribution is -2.30. The van der Waals surface area contributed by atoms with Crippen LogP contribution in [0.25, 0.3) is 10.9 Å². The van der Waals surface area contributed by atoms with Crippen LogP contribution < -0.4 is 10.9 Å². The highest BCUT2D eigenvalue weighted by Gasteiger charge is 2.30. The number of rotatable bonds is 5. The van der Waals surface area contributed by atoms with Crippen molar-refractivity contribution in [1.82, 2.24) is 4.57 Å². The van der Waals surface area contributed by atoms with Crippen molar-refractivity contribution in [3.8, 4) is 5.75 Å². The molecule has 1 heterocycles. The number of hydrogen-bond acceptors (Lipinski definition) is 3. The molecule has 8 heteroatoms. The predicted molar refractivity (Wildman–Crippen MR) is 104 cm³/mol. The SMILES string of the molecule is CCCCn1c(=O)c(C(=O)Nc2cccc(C(F)(F)F)c2)c(O)c2ccccc21. The van der Waals surface area contributed by atoms with E-state index in [1.807, 2.05) is 6.92 Å². The quantitative estimate of drug-likeness (QED) is 0.643. The van der Waals surface area contributed by atoms with Crippen LogP contribution in [0.2, 0.25) is 0 Å². The summed E-state index contributed by atoms with van der Waals surface area (Å²) in [5.74, 6) is -1.47. The van der Waals surface area contributed by atoms with Crippen molar-refractivity contribution >= 4 is 22.5 Å². The van der Waals surface area contributed by atoms with Gasteiger partial charge in [-0.2, -0.15) is 13.2 Å². The average Bonchev–Trinajstić information content (AvgIpc) is 2.67. The molecule has 3 rings (SSSR count). The van der Waals surface area contributed by atoms with Gasteiger partial charge >= 0.3 is 6.18 Å². The zero-order chi connectivity index (χ0) is 21.2. The second-order valence-corrected chi connectivity index (χ2v) is 6.58. The largest absolute Gasteiger partial charge is 0.506 e. The predicted octanol–water partition coefficient (Wildman–Crippen LogP) is 4.78. The first-order valence-corrected chi connectivity index (χ1v) is 9.07. The minimum absolute atomic E-state index is 0.128. The van der Waals surface area contributed by atoms with Gasteiger partial charge in [0.05, 0.1) is 11.1 Å². The van der Waals surface area contributed by atoms with Crippen molar-refractivity contribution in [2.45, 2.75) is 32.5 Å². The van der Waals surface area contributed by atoms with Gasteiger partial charge in [-0.15, -0.1) is 0 Å². The van der Waals surface area contributed by atoms with Crippen LogP contribution in [-0.4, -0.2) is 15.6 Å². The number of hydrogen-bond donors (Lipinski definition) is 2. The summed E-state index contributed by atoms with van der Waals surface area (Å²) in [7, 11) is 0. The molecule has 0 radical (unpaired) electrons. The van der Waals surface area contributed by atoms with Crippen LogP contribution in [0.3, 0.4) is 0 Å². The molecule has 0 atom stereocenters. The Morgan fingerprint density at radius 1 is 1.14 bits per heavy atom. The molecule has 0 bridgehead atoms. The number of unbranched alkanes of at least 4 members (excludes halogenated alkanes) is 1. The monoisotopic (exact) mass is 404 g/mol. The van der Waals surface area contributed by atoms with E-state index in [-0.39, 0.29) is 5.69 Å². The van der Waals surface area contributed by atoms with E-state index in [9.17, 15) is 27.9 Å². The molecule has 0 aliphatic carbocycles. The van der Waals surface area contributed by atoms with E-state index in [1.54, 1.807) is 24.3 Å². The second kappa shape index (κ2) is 7.98. The number of para-hydroxylation sites is 1. The van der Waals surface area contributed by atoms with Gasteiger partial charge in [-0.3, -0.25) is 9.59 Å². The van der Waals surface area contributed by atoms with E-state index in [2.05, 4.69) is 5.32 Å². The number of aryl methyl sites for hydroxylation is 1. The van der Waals surface area contributed by atoms with Crippen LogP contribution in [0.4, 0.5) is 18.9 Å². The zero-order valence-electron chi connectivity index (χ0n) is 15.6. The van der Waals surface area contributed by atoms with Gasteiger partial charge in [0.25, 0.3) is 11.5 Å². The Hall–Kier alpha value is -3.29. The molecule has 3 aromatic rings. The van der Waals surface area contributed by atoms with Gasteiger partial charge in [-0.05, 0) is 36.8 Å². The Morgan fingerprint density at radius 3 is 2.55 bits per heavy atom. The molecule has 0 saturated heterocycles. The van der Waals surface area contributed by atoms with Gasteiger partial charge in [0.15, 0.2) is 0 Å². The lowest BCUT2D eigenvalue weighted by atomic mass is 10.1. The number of carbonyl (C=O) groups excluding carboxylic acids is 1. The molecule has 5 nitrogen and oxygen atoms in total. The van der Waals surface area contributed by atoms with Gasteiger partial charge in [0.1, 0.15) is 11.3 Å². The van der Waals surface area contributed by atoms with Crippen LogP contribution in [0.5, 0.6) is 5.75 Å². The number of benzene rings is 2. The third kappa shape index (κ3) is 4.11. The lowest BCUT2D eigenvalue weighted by Gasteiger charge is -2.15. The summed E-state index contributed by atoms with van der Waals surface area (Å²) < 4.78 is 40.1. The van der Waals surface area contributed by atoms with Crippen molar-refractivity contribution in [3.05, 3.63) is 70.0 Å². The third-order valence-electron chi connectivity index (χ3n) is 4.56. The molecule has 1 aromatic heterocycles. The Balaban J connectivity index is 2.07. The fraction of sp³-hybridized carbons (Fsp3) is 0.238. The maximum Gasteiger partial charge on any atom is 0.416 e. The maximum absolute atomic E-state index is 12.9. The molecule has 29 heavy (non-hydrogen) atoms. The van der Waals surface area contributed by atoms with Crippen LogP contribution in [0.15, 0.2) is 53.3 Å². The molecule has 2 aromatic carbocycles. The number of fused-ring (bicyclic) bond motifs is 1. The van der Waals surface area contributed by atoms with Crippen molar-refractivity contribution in [2.24, 2.45) is 0 Å². The van der Waals surface area contributed by atoms with Gasteiger partial charge in [0.2, 0.25) is 0 Å². The number of anilines is 1. The minimum atomic E-state index is -4.57. The van der Waals surface area contributed by atoms with E-state index in [1.165, 1.54) is 10.6 Å². The van der Waals surface area contributed by atoms with E-state index in [0.29, 0.717) is 23.9 Å². The van der Waals surface area contributed by atoms with Gasteiger partial charge in [-0.25, -0.2) is 0 Å². The van der Waals surface area contributed by atoms with Crippen LogP contribution >= 0.6 is 0 Å². The highest BCUT2D eigenvalue weighted by atomic mass is 19.4. The van der Waals surface area contributed by atoms with E-state index < -0.39 is 34.5 Å². The topological polar surface area (TPSA) is 71.3 Å². The molecule has 0 aliphatic rings. The van der Waals surface area contributed by atoms with Gasteiger partial charge < -0.3 is 15.0 Å². The molecular formula is C21H19F3N2O3. The first-order chi connectivity index (χ1) is 13.7.